The van der Waals surface area contributed by atoms with Gasteiger partial charge in [0.1, 0.15) is 5.82 Å². The molecule has 3 heterocycles. The van der Waals surface area contributed by atoms with Crippen molar-refractivity contribution in [3.63, 3.8) is 0 Å². The lowest BCUT2D eigenvalue weighted by Gasteiger charge is -2.50. The molecule has 8 nitrogen and oxygen atoms in total. The fourth-order valence-electron chi connectivity index (χ4n) is 5.95. The second-order valence-corrected chi connectivity index (χ2v) is 11.6. The Hall–Kier alpha value is -3.13. The minimum atomic E-state index is -5.08. The number of halogens is 6. The van der Waals surface area contributed by atoms with Crippen LogP contribution in [0.5, 0.6) is 0 Å². The number of rotatable bonds is 4. The monoisotopic (exact) mass is 620 g/mol. The first-order chi connectivity index (χ1) is 19.9. The SMILES string of the molecule is Cc1nc2c(n1C(C)C)CN(C1CCC1)CC21CCN(Cc2ccccc2)CC1.O=C(O)C(F)(F)F.O=C(O)C(F)(F)F. The molecule has 1 saturated carbocycles. The zero-order valence-corrected chi connectivity index (χ0v) is 24.4. The number of carbonyl (C=O) groups is 2. The zero-order chi connectivity index (χ0) is 32.2. The first kappa shape index (κ1) is 34.4. The molecule has 0 unspecified atom stereocenters. The van der Waals surface area contributed by atoms with E-state index in [1.165, 1.54) is 74.5 Å². The maximum atomic E-state index is 10.6. The van der Waals surface area contributed by atoms with Crippen LogP contribution < -0.4 is 0 Å². The van der Waals surface area contributed by atoms with Gasteiger partial charge in [0.15, 0.2) is 0 Å². The molecular formula is C29H38F6N4O4. The molecule has 5 rings (SSSR count). The number of piperidine rings is 1. The fraction of sp³-hybridized carbons (Fsp3) is 0.621. The average Bonchev–Trinajstić information content (AvgIpc) is 3.22. The summed E-state index contributed by atoms with van der Waals surface area (Å²) in [6.45, 7) is 12.6. The van der Waals surface area contributed by atoms with Gasteiger partial charge in [-0.05, 0) is 65.1 Å². The van der Waals surface area contributed by atoms with Crippen LogP contribution in [-0.2, 0) is 28.1 Å². The smallest absolute Gasteiger partial charge is 0.475 e. The summed E-state index contributed by atoms with van der Waals surface area (Å²) >= 11 is 0. The summed E-state index contributed by atoms with van der Waals surface area (Å²) in [7, 11) is 0. The largest absolute Gasteiger partial charge is 0.490 e. The first-order valence-electron chi connectivity index (χ1n) is 14.1. The van der Waals surface area contributed by atoms with Gasteiger partial charge in [-0.2, -0.15) is 26.3 Å². The van der Waals surface area contributed by atoms with E-state index in [0.717, 1.165) is 19.1 Å². The molecule has 2 aliphatic heterocycles. The Labute approximate surface area is 246 Å². The highest BCUT2D eigenvalue weighted by Gasteiger charge is 2.47. The van der Waals surface area contributed by atoms with Crippen molar-refractivity contribution in [3.05, 3.63) is 53.1 Å². The molecule has 1 spiro atoms. The van der Waals surface area contributed by atoms with Crippen LogP contribution >= 0.6 is 0 Å². The molecule has 0 bridgehead atoms. The Kier molecular flexibility index (Phi) is 10.9. The predicted molar refractivity (Wildman–Crippen MR) is 145 cm³/mol. The Morgan fingerprint density at radius 1 is 0.977 bits per heavy atom. The molecule has 1 aromatic heterocycles. The number of carboxylic acid groups (broad SMARTS) is 2. The van der Waals surface area contributed by atoms with E-state index >= 15 is 0 Å². The second kappa shape index (κ2) is 13.7. The quantitative estimate of drug-likeness (QED) is 0.409. The molecule has 1 aliphatic carbocycles. The molecule has 1 aromatic carbocycles. The molecule has 3 aliphatic rings. The summed E-state index contributed by atoms with van der Waals surface area (Å²) in [5.74, 6) is -4.30. The number of aryl methyl sites for hydroxylation is 1. The normalized spacial score (nSPS) is 19.0. The molecule has 240 valence electrons. The Morgan fingerprint density at radius 2 is 1.49 bits per heavy atom. The van der Waals surface area contributed by atoms with Crippen molar-refractivity contribution >= 4 is 11.9 Å². The van der Waals surface area contributed by atoms with Gasteiger partial charge in [0.2, 0.25) is 0 Å². The van der Waals surface area contributed by atoms with E-state index < -0.39 is 24.3 Å². The van der Waals surface area contributed by atoms with Crippen molar-refractivity contribution < 1.29 is 46.1 Å². The summed E-state index contributed by atoms with van der Waals surface area (Å²) in [6, 6.07) is 12.2. The molecule has 43 heavy (non-hydrogen) atoms. The van der Waals surface area contributed by atoms with Gasteiger partial charge in [-0.3, -0.25) is 9.80 Å². The number of likely N-dealkylation sites (tertiary alicyclic amines) is 1. The van der Waals surface area contributed by atoms with Gasteiger partial charge < -0.3 is 14.8 Å². The number of hydrogen-bond acceptors (Lipinski definition) is 5. The van der Waals surface area contributed by atoms with E-state index in [9.17, 15) is 26.3 Å². The third kappa shape index (κ3) is 8.71. The van der Waals surface area contributed by atoms with Crippen molar-refractivity contribution in [1.82, 2.24) is 19.4 Å². The van der Waals surface area contributed by atoms with Crippen molar-refractivity contribution in [3.8, 4) is 0 Å². The Morgan fingerprint density at radius 3 is 1.91 bits per heavy atom. The third-order valence-electron chi connectivity index (χ3n) is 8.20. The maximum absolute atomic E-state index is 10.6. The number of hydrogen-bond donors (Lipinski definition) is 2. The summed E-state index contributed by atoms with van der Waals surface area (Å²) in [4.78, 5) is 28.5. The lowest BCUT2D eigenvalue weighted by atomic mass is 9.71. The summed E-state index contributed by atoms with van der Waals surface area (Å²) in [5, 5.41) is 14.2. The number of aliphatic carboxylic acids is 2. The number of fused-ring (bicyclic) bond motifs is 2. The van der Waals surface area contributed by atoms with Crippen LogP contribution in [0.1, 0.15) is 74.8 Å². The van der Waals surface area contributed by atoms with Crippen LogP contribution in [0.4, 0.5) is 26.3 Å². The highest BCUT2D eigenvalue weighted by molar-refractivity contribution is 5.73. The number of nitrogens with zero attached hydrogens (tertiary/aromatic N) is 4. The number of alkyl halides is 6. The fourth-order valence-corrected chi connectivity index (χ4v) is 5.95. The van der Waals surface area contributed by atoms with Crippen LogP contribution in [0, 0.1) is 6.92 Å². The van der Waals surface area contributed by atoms with Gasteiger partial charge in [-0.15, -0.1) is 0 Å². The second-order valence-electron chi connectivity index (χ2n) is 11.6. The Balaban J connectivity index is 0.000000303. The van der Waals surface area contributed by atoms with Crippen LogP contribution in [0.3, 0.4) is 0 Å². The van der Waals surface area contributed by atoms with E-state index in [0.29, 0.717) is 6.04 Å². The summed E-state index contributed by atoms with van der Waals surface area (Å²) < 4.78 is 66.0. The molecule has 0 amide bonds. The van der Waals surface area contributed by atoms with E-state index in [1.54, 1.807) is 0 Å². The molecule has 0 radical (unpaired) electrons. The first-order valence-corrected chi connectivity index (χ1v) is 14.1. The number of aromatic nitrogens is 2. The third-order valence-corrected chi connectivity index (χ3v) is 8.20. The van der Waals surface area contributed by atoms with Crippen molar-refractivity contribution in [2.45, 2.75) is 95.8 Å². The highest BCUT2D eigenvalue weighted by atomic mass is 19.4. The van der Waals surface area contributed by atoms with E-state index in [1.807, 2.05) is 0 Å². The Bertz CT molecular complexity index is 1210. The van der Waals surface area contributed by atoms with Gasteiger partial charge >= 0.3 is 24.3 Å². The van der Waals surface area contributed by atoms with Crippen molar-refractivity contribution in [2.75, 3.05) is 19.6 Å². The predicted octanol–water partition coefficient (Wildman–Crippen LogP) is 5.94. The highest BCUT2D eigenvalue weighted by Crippen LogP contribution is 2.44. The zero-order valence-electron chi connectivity index (χ0n) is 24.4. The standard InChI is InChI=1S/C25H36N4.2C2HF3O2/c1-19(2)29-20(3)26-24-23(29)17-28(22-10-7-11-22)18-25(24)12-14-27(15-13-25)16-21-8-5-4-6-9-21;2*3-2(4,5)1(6)7/h4-6,8-9,19,22H,7,10-18H2,1-3H3;2*(H,6,7). The van der Waals surface area contributed by atoms with Crippen LogP contribution in [0.15, 0.2) is 30.3 Å². The number of imidazole rings is 1. The number of carboxylic acids is 2. The average molecular weight is 621 g/mol. The molecular weight excluding hydrogens is 582 g/mol. The molecule has 0 atom stereocenters. The van der Waals surface area contributed by atoms with Gasteiger partial charge in [0, 0.05) is 37.1 Å². The van der Waals surface area contributed by atoms with Gasteiger partial charge in [-0.1, -0.05) is 36.8 Å². The maximum Gasteiger partial charge on any atom is 0.490 e. The van der Waals surface area contributed by atoms with Gasteiger partial charge in [-0.25, -0.2) is 14.6 Å². The summed E-state index contributed by atoms with van der Waals surface area (Å²) in [6.07, 6.45) is -3.50. The lowest BCUT2D eigenvalue weighted by Crippen LogP contribution is -2.55. The number of benzene rings is 1. The van der Waals surface area contributed by atoms with Crippen LogP contribution in [0.2, 0.25) is 0 Å². The minimum absolute atomic E-state index is 0.251. The van der Waals surface area contributed by atoms with Gasteiger partial charge in [0.05, 0.1) is 11.4 Å². The lowest BCUT2D eigenvalue weighted by molar-refractivity contribution is -0.193. The van der Waals surface area contributed by atoms with Crippen molar-refractivity contribution in [2.24, 2.45) is 0 Å². The van der Waals surface area contributed by atoms with Crippen LogP contribution in [-0.4, -0.2) is 79.5 Å². The molecule has 2 N–H and O–H groups in total. The summed E-state index contributed by atoms with van der Waals surface area (Å²) in [5.41, 5.74) is 4.65. The van der Waals surface area contributed by atoms with Gasteiger partial charge in [0.25, 0.3) is 0 Å². The molecule has 1 saturated heterocycles. The van der Waals surface area contributed by atoms with Crippen LogP contribution in [0.25, 0.3) is 0 Å². The molecule has 2 aromatic rings. The van der Waals surface area contributed by atoms with E-state index in [4.69, 9.17) is 24.8 Å². The van der Waals surface area contributed by atoms with Crippen molar-refractivity contribution in [1.29, 1.82) is 0 Å². The topological polar surface area (TPSA) is 98.9 Å². The molecule has 14 heteroatoms. The van der Waals surface area contributed by atoms with E-state index in [-0.39, 0.29) is 5.41 Å². The van der Waals surface area contributed by atoms with E-state index in [2.05, 4.69) is 65.5 Å². The minimum Gasteiger partial charge on any atom is -0.475 e. The molecule has 2 fully saturated rings.